The van der Waals surface area contributed by atoms with Gasteiger partial charge in [-0.05, 0) is 37.1 Å². The molecule has 0 aliphatic carbocycles. The lowest BCUT2D eigenvalue weighted by atomic mass is 9.72. The zero-order chi connectivity index (χ0) is 17.7. The Labute approximate surface area is 149 Å². The number of esters is 1. The number of hydrogen-bond donors (Lipinski definition) is 1. The highest BCUT2D eigenvalue weighted by Gasteiger charge is 2.44. The molecular formula is C21H25NO3. The average molecular weight is 339 g/mol. The van der Waals surface area contributed by atoms with E-state index in [9.17, 15) is 9.90 Å². The first-order valence-electron chi connectivity index (χ1n) is 8.75. The van der Waals surface area contributed by atoms with Gasteiger partial charge in [-0.2, -0.15) is 0 Å². The van der Waals surface area contributed by atoms with Crippen molar-refractivity contribution >= 4 is 5.97 Å². The van der Waals surface area contributed by atoms with E-state index in [1.807, 2.05) is 60.7 Å². The molecule has 4 nitrogen and oxygen atoms in total. The van der Waals surface area contributed by atoms with Crippen molar-refractivity contribution in [2.24, 2.45) is 0 Å². The van der Waals surface area contributed by atoms with Crippen molar-refractivity contribution in [1.29, 1.82) is 0 Å². The Bertz CT molecular complexity index is 679. The maximum absolute atomic E-state index is 12.5. The van der Waals surface area contributed by atoms with E-state index in [-0.39, 0.29) is 5.97 Å². The molecule has 1 N–H and O–H groups in total. The third kappa shape index (κ3) is 3.75. The summed E-state index contributed by atoms with van der Waals surface area (Å²) >= 11 is 0. The summed E-state index contributed by atoms with van der Waals surface area (Å²) in [5.74, 6) is -0.165. The van der Waals surface area contributed by atoms with Crippen molar-refractivity contribution < 1.29 is 14.6 Å². The number of β-amino-alcohol motifs (C(OH)–C–C–N with tert-alkyl or cyclic N) is 1. The molecule has 0 spiro atoms. The SMILES string of the molecule is COC(=O)C1(c2ccccc2)CCN(CC(O)c2ccccc2)CC1. The molecule has 1 fully saturated rings. The highest BCUT2D eigenvalue weighted by Crippen LogP contribution is 2.37. The van der Waals surface area contributed by atoms with Gasteiger partial charge in [-0.15, -0.1) is 0 Å². The second-order valence-corrected chi connectivity index (χ2v) is 6.67. The van der Waals surface area contributed by atoms with Gasteiger partial charge >= 0.3 is 5.97 Å². The molecule has 1 aliphatic rings. The molecule has 2 aromatic rings. The molecule has 1 unspecified atom stereocenters. The Morgan fingerprint density at radius 1 is 1.08 bits per heavy atom. The Morgan fingerprint density at radius 2 is 1.64 bits per heavy atom. The van der Waals surface area contributed by atoms with Gasteiger partial charge in [0.15, 0.2) is 0 Å². The number of aliphatic hydroxyl groups excluding tert-OH is 1. The molecule has 0 aromatic heterocycles. The fourth-order valence-corrected chi connectivity index (χ4v) is 3.71. The van der Waals surface area contributed by atoms with E-state index in [0.29, 0.717) is 19.4 Å². The molecule has 1 aliphatic heterocycles. The second kappa shape index (κ2) is 7.81. The summed E-state index contributed by atoms with van der Waals surface area (Å²) in [5, 5.41) is 10.4. The first-order chi connectivity index (χ1) is 12.2. The largest absolute Gasteiger partial charge is 0.468 e. The number of likely N-dealkylation sites (tertiary alicyclic amines) is 1. The van der Waals surface area contributed by atoms with Crippen molar-refractivity contribution in [2.75, 3.05) is 26.7 Å². The molecule has 0 amide bonds. The first-order valence-corrected chi connectivity index (χ1v) is 8.75. The minimum atomic E-state index is -0.579. The number of carbonyl (C=O) groups is 1. The average Bonchev–Trinajstić information content (AvgIpc) is 2.69. The van der Waals surface area contributed by atoms with Gasteiger partial charge in [0.25, 0.3) is 0 Å². The summed E-state index contributed by atoms with van der Waals surface area (Å²) < 4.78 is 5.13. The molecule has 0 bridgehead atoms. The van der Waals surface area contributed by atoms with Gasteiger partial charge in [0, 0.05) is 6.54 Å². The molecule has 3 rings (SSSR count). The number of rotatable bonds is 5. The van der Waals surface area contributed by atoms with E-state index >= 15 is 0 Å². The summed E-state index contributed by atoms with van der Waals surface area (Å²) in [6.07, 6.45) is 0.889. The minimum Gasteiger partial charge on any atom is -0.468 e. The lowest BCUT2D eigenvalue weighted by molar-refractivity contribution is -0.149. The Balaban J connectivity index is 1.69. The zero-order valence-electron chi connectivity index (χ0n) is 14.6. The maximum atomic E-state index is 12.5. The van der Waals surface area contributed by atoms with Crippen LogP contribution in [-0.4, -0.2) is 42.7 Å². The molecule has 2 aromatic carbocycles. The van der Waals surface area contributed by atoms with Gasteiger partial charge in [0.2, 0.25) is 0 Å². The summed E-state index contributed by atoms with van der Waals surface area (Å²) in [6, 6.07) is 19.6. The van der Waals surface area contributed by atoms with Crippen LogP contribution < -0.4 is 0 Å². The number of benzene rings is 2. The minimum absolute atomic E-state index is 0.165. The highest BCUT2D eigenvalue weighted by atomic mass is 16.5. The van der Waals surface area contributed by atoms with E-state index < -0.39 is 11.5 Å². The van der Waals surface area contributed by atoms with E-state index in [2.05, 4.69) is 4.90 Å². The van der Waals surface area contributed by atoms with Crippen LogP contribution >= 0.6 is 0 Å². The van der Waals surface area contributed by atoms with Crippen LogP contribution in [0.15, 0.2) is 60.7 Å². The molecule has 1 heterocycles. The molecular weight excluding hydrogens is 314 g/mol. The third-order valence-electron chi connectivity index (χ3n) is 5.23. The predicted octanol–water partition coefficient (Wildman–Crippen LogP) is 2.93. The molecule has 0 radical (unpaired) electrons. The van der Waals surface area contributed by atoms with Gasteiger partial charge in [-0.1, -0.05) is 60.7 Å². The van der Waals surface area contributed by atoms with Crippen molar-refractivity contribution in [3.05, 3.63) is 71.8 Å². The van der Waals surface area contributed by atoms with Crippen LogP contribution in [0, 0.1) is 0 Å². The summed E-state index contributed by atoms with van der Waals surface area (Å²) in [6.45, 7) is 2.10. The third-order valence-corrected chi connectivity index (χ3v) is 5.23. The maximum Gasteiger partial charge on any atom is 0.316 e. The normalized spacial score (nSPS) is 18.5. The van der Waals surface area contributed by atoms with Crippen molar-refractivity contribution in [2.45, 2.75) is 24.4 Å². The molecule has 0 saturated carbocycles. The van der Waals surface area contributed by atoms with Gasteiger partial charge in [0.05, 0.1) is 18.6 Å². The van der Waals surface area contributed by atoms with Gasteiger partial charge in [-0.25, -0.2) is 0 Å². The number of ether oxygens (including phenoxy) is 1. The number of methoxy groups -OCH3 is 1. The number of piperidine rings is 1. The smallest absolute Gasteiger partial charge is 0.316 e. The molecule has 1 atom stereocenters. The fraction of sp³-hybridized carbons (Fsp3) is 0.381. The van der Waals surface area contributed by atoms with Crippen molar-refractivity contribution in [3.8, 4) is 0 Å². The van der Waals surface area contributed by atoms with Crippen LogP contribution in [0.3, 0.4) is 0 Å². The molecule has 1 saturated heterocycles. The predicted molar refractivity (Wildman–Crippen MR) is 97.2 cm³/mol. The summed E-state index contributed by atoms with van der Waals surface area (Å²) in [5.41, 5.74) is 1.37. The van der Waals surface area contributed by atoms with Crippen LogP contribution in [0.5, 0.6) is 0 Å². The topological polar surface area (TPSA) is 49.8 Å². The Hall–Kier alpha value is -2.17. The summed E-state index contributed by atoms with van der Waals surface area (Å²) in [4.78, 5) is 14.8. The highest BCUT2D eigenvalue weighted by molar-refractivity contribution is 5.83. The Morgan fingerprint density at radius 3 is 2.20 bits per heavy atom. The molecule has 132 valence electrons. The standard InChI is InChI=1S/C21H25NO3/c1-25-20(24)21(18-10-6-3-7-11-18)12-14-22(15-13-21)16-19(23)17-8-4-2-5-9-17/h2-11,19,23H,12-16H2,1H3. The van der Waals surface area contributed by atoms with Crippen LogP contribution in [0.4, 0.5) is 0 Å². The number of aliphatic hydroxyl groups is 1. The van der Waals surface area contributed by atoms with Gasteiger partial charge in [-0.3, -0.25) is 4.79 Å². The van der Waals surface area contributed by atoms with E-state index in [0.717, 1.165) is 24.2 Å². The van der Waals surface area contributed by atoms with Crippen LogP contribution in [0.25, 0.3) is 0 Å². The van der Waals surface area contributed by atoms with E-state index in [4.69, 9.17) is 4.74 Å². The van der Waals surface area contributed by atoms with Gasteiger partial charge in [0.1, 0.15) is 0 Å². The number of carbonyl (C=O) groups excluding carboxylic acids is 1. The van der Waals surface area contributed by atoms with Crippen LogP contribution in [0.1, 0.15) is 30.1 Å². The molecule has 4 heteroatoms. The number of hydrogen-bond acceptors (Lipinski definition) is 4. The van der Waals surface area contributed by atoms with E-state index in [1.54, 1.807) is 0 Å². The van der Waals surface area contributed by atoms with Crippen molar-refractivity contribution in [3.63, 3.8) is 0 Å². The van der Waals surface area contributed by atoms with Crippen molar-refractivity contribution in [1.82, 2.24) is 4.90 Å². The fourth-order valence-electron chi connectivity index (χ4n) is 3.71. The number of nitrogens with zero attached hydrogens (tertiary/aromatic N) is 1. The second-order valence-electron chi connectivity index (χ2n) is 6.67. The Kier molecular flexibility index (Phi) is 5.51. The van der Waals surface area contributed by atoms with Gasteiger partial charge < -0.3 is 14.7 Å². The van der Waals surface area contributed by atoms with Crippen LogP contribution in [0.2, 0.25) is 0 Å². The zero-order valence-corrected chi connectivity index (χ0v) is 14.6. The monoisotopic (exact) mass is 339 g/mol. The van der Waals surface area contributed by atoms with E-state index in [1.165, 1.54) is 7.11 Å². The lowest BCUT2D eigenvalue weighted by Crippen LogP contribution is -2.48. The first kappa shape index (κ1) is 17.6. The quantitative estimate of drug-likeness (QED) is 0.851. The summed E-state index contributed by atoms with van der Waals surface area (Å²) in [7, 11) is 1.46. The lowest BCUT2D eigenvalue weighted by Gasteiger charge is -2.40. The molecule has 25 heavy (non-hydrogen) atoms. The van der Waals surface area contributed by atoms with Crippen LogP contribution in [-0.2, 0) is 14.9 Å².